The van der Waals surface area contributed by atoms with E-state index in [1.54, 1.807) is 12.1 Å². The van der Waals surface area contributed by atoms with Crippen LogP contribution in [0.2, 0.25) is 5.15 Å². The first kappa shape index (κ1) is 8.91. The van der Waals surface area contributed by atoms with Crippen molar-refractivity contribution in [2.24, 2.45) is 0 Å². The van der Waals surface area contributed by atoms with E-state index in [0.29, 0.717) is 15.0 Å². The molecule has 1 nitrogen and oxygen atoms in total. The van der Waals surface area contributed by atoms with Crippen LogP contribution in [0.25, 0.3) is 10.8 Å². The first-order valence-electron chi connectivity index (χ1n) is 3.57. The number of pyridine rings is 1. The molecule has 1 aromatic carbocycles. The van der Waals surface area contributed by atoms with E-state index in [4.69, 9.17) is 11.6 Å². The van der Waals surface area contributed by atoms with Gasteiger partial charge in [-0.15, -0.1) is 0 Å². The van der Waals surface area contributed by atoms with Crippen LogP contribution >= 0.6 is 27.5 Å². The smallest absolute Gasteiger partial charge is 0.133 e. The lowest BCUT2D eigenvalue weighted by Gasteiger charge is -2.00. The molecule has 0 amide bonds. The van der Waals surface area contributed by atoms with Gasteiger partial charge in [-0.3, -0.25) is 0 Å². The quantitative estimate of drug-likeness (QED) is 0.657. The van der Waals surface area contributed by atoms with Gasteiger partial charge in [-0.2, -0.15) is 0 Å². The van der Waals surface area contributed by atoms with Gasteiger partial charge in [0.25, 0.3) is 0 Å². The molecule has 2 aromatic rings. The first-order chi connectivity index (χ1) is 6.16. The molecule has 0 aliphatic heterocycles. The summed E-state index contributed by atoms with van der Waals surface area (Å²) in [6.07, 6.45) is 1.43. The van der Waals surface area contributed by atoms with Crippen LogP contribution in [0.15, 0.2) is 28.9 Å². The van der Waals surface area contributed by atoms with Crippen LogP contribution in [0.1, 0.15) is 0 Å². The third-order valence-electron chi connectivity index (χ3n) is 1.72. The molecule has 0 bridgehead atoms. The molecule has 13 heavy (non-hydrogen) atoms. The highest BCUT2D eigenvalue weighted by molar-refractivity contribution is 9.10. The van der Waals surface area contributed by atoms with Crippen molar-refractivity contribution >= 4 is 38.3 Å². The number of aromatic nitrogens is 1. The monoisotopic (exact) mass is 259 g/mol. The Kier molecular flexibility index (Phi) is 2.22. The lowest BCUT2D eigenvalue weighted by Crippen LogP contribution is -1.82. The van der Waals surface area contributed by atoms with Gasteiger partial charge in [0.2, 0.25) is 0 Å². The van der Waals surface area contributed by atoms with Crippen LogP contribution in [0, 0.1) is 5.82 Å². The Morgan fingerprint density at radius 1 is 1.31 bits per heavy atom. The third kappa shape index (κ3) is 1.67. The Balaban J connectivity index is 2.86. The zero-order chi connectivity index (χ0) is 9.42. The largest absolute Gasteiger partial charge is 0.244 e. The van der Waals surface area contributed by atoms with Gasteiger partial charge in [0.15, 0.2) is 0 Å². The summed E-state index contributed by atoms with van der Waals surface area (Å²) in [5, 5.41) is 1.59. The van der Waals surface area contributed by atoms with Gasteiger partial charge in [0, 0.05) is 16.1 Å². The van der Waals surface area contributed by atoms with E-state index in [1.165, 1.54) is 12.3 Å². The fraction of sp³-hybridized carbons (Fsp3) is 0. The number of benzene rings is 1. The zero-order valence-electron chi connectivity index (χ0n) is 6.39. The van der Waals surface area contributed by atoms with Gasteiger partial charge in [0.1, 0.15) is 11.0 Å². The fourth-order valence-corrected chi connectivity index (χ4v) is 1.77. The van der Waals surface area contributed by atoms with Crippen molar-refractivity contribution in [2.75, 3.05) is 0 Å². The van der Waals surface area contributed by atoms with Crippen molar-refractivity contribution in [3.8, 4) is 0 Å². The van der Waals surface area contributed by atoms with Crippen molar-refractivity contribution < 1.29 is 4.39 Å². The van der Waals surface area contributed by atoms with Gasteiger partial charge in [0.05, 0.1) is 0 Å². The SMILES string of the molecule is Fc1cc(Br)cc2cc(Cl)ncc12. The maximum absolute atomic E-state index is 13.3. The fourth-order valence-electron chi connectivity index (χ4n) is 1.15. The van der Waals surface area contributed by atoms with Gasteiger partial charge in [-0.05, 0) is 23.6 Å². The van der Waals surface area contributed by atoms with Gasteiger partial charge in [-0.1, -0.05) is 27.5 Å². The number of halogens is 3. The van der Waals surface area contributed by atoms with Crippen molar-refractivity contribution in [3.05, 3.63) is 39.8 Å². The molecule has 0 atom stereocenters. The van der Waals surface area contributed by atoms with Crippen molar-refractivity contribution in [1.82, 2.24) is 4.98 Å². The average molecular weight is 260 g/mol. The minimum atomic E-state index is -0.298. The first-order valence-corrected chi connectivity index (χ1v) is 4.74. The number of hydrogen-bond acceptors (Lipinski definition) is 1. The lowest BCUT2D eigenvalue weighted by molar-refractivity contribution is 0.638. The standard InChI is InChI=1S/C9H4BrClFN/c10-6-1-5-2-9(11)13-4-7(5)8(12)3-6/h1-4H. The number of hydrogen-bond donors (Lipinski definition) is 0. The summed E-state index contributed by atoms with van der Waals surface area (Å²) in [6, 6.07) is 4.83. The summed E-state index contributed by atoms with van der Waals surface area (Å²) < 4.78 is 14.0. The molecule has 0 aliphatic rings. The summed E-state index contributed by atoms with van der Waals surface area (Å²) in [7, 11) is 0. The Morgan fingerprint density at radius 3 is 2.85 bits per heavy atom. The number of rotatable bonds is 0. The number of fused-ring (bicyclic) bond motifs is 1. The van der Waals surface area contributed by atoms with Crippen molar-refractivity contribution in [3.63, 3.8) is 0 Å². The molecule has 0 aliphatic carbocycles. The Bertz CT molecular complexity index is 467. The molecular weight excluding hydrogens is 256 g/mol. The van der Waals surface area contributed by atoms with E-state index in [-0.39, 0.29) is 5.82 Å². The normalized spacial score (nSPS) is 10.7. The van der Waals surface area contributed by atoms with Crippen LogP contribution in [-0.2, 0) is 0 Å². The van der Waals surface area contributed by atoms with Crippen LogP contribution in [0.5, 0.6) is 0 Å². The molecular formula is C9H4BrClFN. The summed E-state index contributed by atoms with van der Waals surface area (Å²) in [6.45, 7) is 0. The molecule has 1 aromatic heterocycles. The Hall–Kier alpha value is -0.670. The van der Waals surface area contributed by atoms with Crippen LogP contribution in [0.4, 0.5) is 4.39 Å². The highest BCUT2D eigenvalue weighted by atomic mass is 79.9. The molecule has 0 saturated carbocycles. The highest BCUT2D eigenvalue weighted by Gasteiger charge is 2.03. The maximum Gasteiger partial charge on any atom is 0.133 e. The highest BCUT2D eigenvalue weighted by Crippen LogP contribution is 2.24. The summed E-state index contributed by atoms with van der Waals surface area (Å²) in [5.41, 5.74) is 0. The minimum Gasteiger partial charge on any atom is -0.244 e. The molecule has 1 heterocycles. The molecule has 0 unspecified atom stereocenters. The molecule has 66 valence electrons. The maximum atomic E-state index is 13.3. The second-order valence-corrected chi connectivity index (χ2v) is 3.92. The van der Waals surface area contributed by atoms with Crippen LogP contribution in [0.3, 0.4) is 0 Å². The van der Waals surface area contributed by atoms with Crippen molar-refractivity contribution in [1.29, 1.82) is 0 Å². The molecule has 0 radical (unpaired) electrons. The minimum absolute atomic E-state index is 0.298. The molecule has 0 fully saturated rings. The van der Waals surface area contributed by atoms with E-state index in [1.807, 2.05) is 0 Å². The van der Waals surface area contributed by atoms with E-state index < -0.39 is 0 Å². The molecule has 0 saturated heterocycles. The second kappa shape index (κ2) is 3.24. The number of nitrogens with zero attached hydrogens (tertiary/aromatic N) is 1. The topological polar surface area (TPSA) is 12.9 Å². The van der Waals surface area contributed by atoms with Crippen LogP contribution < -0.4 is 0 Å². The Morgan fingerprint density at radius 2 is 2.08 bits per heavy atom. The van der Waals surface area contributed by atoms with Gasteiger partial charge in [-0.25, -0.2) is 9.37 Å². The van der Waals surface area contributed by atoms with E-state index in [2.05, 4.69) is 20.9 Å². The lowest BCUT2D eigenvalue weighted by atomic mass is 10.2. The zero-order valence-corrected chi connectivity index (χ0v) is 8.73. The second-order valence-electron chi connectivity index (χ2n) is 2.62. The predicted molar refractivity (Wildman–Crippen MR) is 54.4 cm³/mol. The summed E-state index contributed by atoms with van der Waals surface area (Å²) >= 11 is 8.88. The van der Waals surface area contributed by atoms with Gasteiger partial charge >= 0.3 is 0 Å². The summed E-state index contributed by atoms with van der Waals surface area (Å²) in [4.78, 5) is 3.81. The van der Waals surface area contributed by atoms with E-state index >= 15 is 0 Å². The molecule has 0 spiro atoms. The average Bonchev–Trinajstić information content (AvgIpc) is 2.02. The molecule has 0 N–H and O–H groups in total. The Labute approximate surface area is 87.7 Å². The molecule has 4 heteroatoms. The van der Waals surface area contributed by atoms with E-state index in [0.717, 1.165) is 5.39 Å². The van der Waals surface area contributed by atoms with E-state index in [9.17, 15) is 4.39 Å². The van der Waals surface area contributed by atoms with Gasteiger partial charge < -0.3 is 0 Å². The van der Waals surface area contributed by atoms with Crippen molar-refractivity contribution in [2.45, 2.75) is 0 Å². The molecule has 2 rings (SSSR count). The third-order valence-corrected chi connectivity index (χ3v) is 2.38. The summed E-state index contributed by atoms with van der Waals surface area (Å²) in [5.74, 6) is -0.298. The predicted octanol–water partition coefficient (Wildman–Crippen LogP) is 3.79. The van der Waals surface area contributed by atoms with Crippen LogP contribution in [-0.4, -0.2) is 4.98 Å².